The molecule has 0 saturated heterocycles. The van der Waals surface area contributed by atoms with Gasteiger partial charge in [0.25, 0.3) is 0 Å². The Kier molecular flexibility index (Phi) is 5.91. The Morgan fingerprint density at radius 2 is 1.83 bits per heavy atom. The normalized spacial score (nSPS) is 17.6. The monoisotopic (exact) mass is 443 g/mol. The summed E-state index contributed by atoms with van der Waals surface area (Å²) in [5.74, 6) is 0. The standard InChI is InChI=1S/C23H26ClN3O2S/c1-25-12-6-9-21(25)16-26-17-22(13-18-7-4-3-5-8-18)27(30(2,28)29)15-19-14-20(24)10-11-23(19)26/h3-12,14,22H,13,15-17H2,1-2H3/t22-/m1/s1. The number of sulfonamides is 1. The van der Waals surface area contributed by atoms with Gasteiger partial charge in [-0.1, -0.05) is 41.9 Å². The summed E-state index contributed by atoms with van der Waals surface area (Å²) in [6, 6.07) is 19.8. The zero-order chi connectivity index (χ0) is 21.3. The van der Waals surface area contributed by atoms with Crippen molar-refractivity contribution in [2.75, 3.05) is 17.7 Å². The van der Waals surface area contributed by atoms with Gasteiger partial charge in [0.1, 0.15) is 0 Å². The fourth-order valence-corrected chi connectivity index (χ4v) is 5.43. The molecular formula is C23H26ClN3O2S. The number of fused-ring (bicyclic) bond motifs is 1. The molecule has 0 radical (unpaired) electrons. The number of rotatable bonds is 5. The Bertz CT molecular complexity index is 1130. The summed E-state index contributed by atoms with van der Waals surface area (Å²) >= 11 is 6.28. The van der Waals surface area contributed by atoms with Crippen LogP contribution < -0.4 is 4.90 Å². The smallest absolute Gasteiger partial charge is 0.211 e. The van der Waals surface area contributed by atoms with E-state index in [9.17, 15) is 8.42 Å². The summed E-state index contributed by atoms with van der Waals surface area (Å²) < 4.78 is 29.3. The quantitative estimate of drug-likeness (QED) is 0.597. The van der Waals surface area contributed by atoms with E-state index in [2.05, 4.69) is 27.7 Å². The number of hydrogen-bond acceptors (Lipinski definition) is 3. The van der Waals surface area contributed by atoms with Crippen molar-refractivity contribution in [1.82, 2.24) is 8.87 Å². The van der Waals surface area contributed by atoms with Crippen molar-refractivity contribution < 1.29 is 8.42 Å². The highest BCUT2D eigenvalue weighted by molar-refractivity contribution is 7.88. The highest BCUT2D eigenvalue weighted by Crippen LogP contribution is 2.33. The van der Waals surface area contributed by atoms with E-state index in [4.69, 9.17) is 11.6 Å². The van der Waals surface area contributed by atoms with Crippen LogP contribution in [0.1, 0.15) is 16.8 Å². The molecule has 0 unspecified atom stereocenters. The Hall–Kier alpha value is -2.28. The van der Waals surface area contributed by atoms with Crippen LogP contribution >= 0.6 is 11.6 Å². The van der Waals surface area contributed by atoms with Crippen LogP contribution in [0, 0.1) is 0 Å². The molecule has 1 aliphatic heterocycles. The van der Waals surface area contributed by atoms with Crippen LogP contribution in [-0.2, 0) is 36.6 Å². The predicted octanol–water partition coefficient (Wildman–Crippen LogP) is 4.07. The van der Waals surface area contributed by atoms with Gasteiger partial charge in [0.2, 0.25) is 10.0 Å². The van der Waals surface area contributed by atoms with Gasteiger partial charge in [0.15, 0.2) is 0 Å². The minimum atomic E-state index is -3.41. The number of anilines is 1. The maximum atomic E-state index is 12.8. The SMILES string of the molecule is Cn1cccc1CN1C[C@@H](Cc2ccccc2)N(S(C)(=O)=O)Cc2cc(Cl)ccc21. The molecule has 30 heavy (non-hydrogen) atoms. The highest BCUT2D eigenvalue weighted by Gasteiger charge is 2.33. The molecule has 2 aromatic carbocycles. The molecule has 4 rings (SSSR count). The Balaban J connectivity index is 1.77. The van der Waals surface area contributed by atoms with Crippen molar-refractivity contribution in [3.63, 3.8) is 0 Å². The lowest BCUT2D eigenvalue weighted by Gasteiger charge is -2.31. The summed E-state index contributed by atoms with van der Waals surface area (Å²) in [4.78, 5) is 2.28. The third-order valence-corrected chi connectivity index (χ3v) is 7.21. The van der Waals surface area contributed by atoms with Crippen molar-refractivity contribution >= 4 is 27.3 Å². The minimum absolute atomic E-state index is 0.186. The van der Waals surface area contributed by atoms with Gasteiger partial charge in [-0.15, -0.1) is 0 Å². The molecular weight excluding hydrogens is 418 g/mol. The number of aromatic nitrogens is 1. The molecule has 3 aromatic rings. The molecule has 2 heterocycles. The first kappa shape index (κ1) is 21.0. The fourth-order valence-electron chi connectivity index (χ4n) is 4.18. The Morgan fingerprint density at radius 3 is 2.50 bits per heavy atom. The van der Waals surface area contributed by atoms with E-state index >= 15 is 0 Å². The van der Waals surface area contributed by atoms with Gasteiger partial charge in [-0.3, -0.25) is 0 Å². The van der Waals surface area contributed by atoms with Gasteiger partial charge in [-0.25, -0.2) is 8.42 Å². The second-order valence-electron chi connectivity index (χ2n) is 7.92. The number of benzene rings is 2. The lowest BCUT2D eigenvalue weighted by atomic mass is 10.1. The van der Waals surface area contributed by atoms with Crippen LogP contribution in [-0.4, -0.2) is 36.1 Å². The van der Waals surface area contributed by atoms with Crippen molar-refractivity contribution in [2.45, 2.75) is 25.6 Å². The van der Waals surface area contributed by atoms with Gasteiger partial charge in [-0.2, -0.15) is 4.31 Å². The van der Waals surface area contributed by atoms with Crippen LogP contribution in [0.25, 0.3) is 0 Å². The third kappa shape index (κ3) is 4.56. The van der Waals surface area contributed by atoms with Gasteiger partial charge >= 0.3 is 0 Å². The van der Waals surface area contributed by atoms with E-state index < -0.39 is 10.0 Å². The lowest BCUT2D eigenvalue weighted by molar-refractivity contribution is 0.320. The van der Waals surface area contributed by atoms with E-state index in [1.54, 1.807) is 4.31 Å². The van der Waals surface area contributed by atoms with Gasteiger partial charge < -0.3 is 9.47 Å². The number of halogens is 1. The van der Waals surface area contributed by atoms with Gasteiger partial charge in [-0.05, 0) is 47.9 Å². The summed E-state index contributed by atoms with van der Waals surface area (Å²) in [7, 11) is -1.38. The zero-order valence-corrected chi connectivity index (χ0v) is 18.8. The first-order chi connectivity index (χ1) is 14.3. The van der Waals surface area contributed by atoms with Crippen LogP contribution in [0.3, 0.4) is 0 Å². The minimum Gasteiger partial charge on any atom is -0.364 e. The molecule has 7 heteroatoms. The number of nitrogens with zero attached hydrogens (tertiary/aromatic N) is 3. The van der Waals surface area contributed by atoms with E-state index in [1.165, 1.54) is 11.9 Å². The first-order valence-electron chi connectivity index (χ1n) is 9.95. The molecule has 1 aliphatic rings. The highest BCUT2D eigenvalue weighted by atomic mass is 35.5. The maximum Gasteiger partial charge on any atom is 0.211 e. The summed E-state index contributed by atoms with van der Waals surface area (Å²) in [5.41, 5.74) is 4.25. The maximum absolute atomic E-state index is 12.8. The number of hydrogen-bond donors (Lipinski definition) is 0. The van der Waals surface area contributed by atoms with Gasteiger partial charge in [0.05, 0.1) is 12.8 Å². The van der Waals surface area contributed by atoms with E-state index in [0.717, 1.165) is 16.8 Å². The molecule has 0 saturated carbocycles. The Morgan fingerprint density at radius 1 is 1.07 bits per heavy atom. The molecule has 158 valence electrons. The second kappa shape index (κ2) is 8.46. The molecule has 0 fully saturated rings. The Labute approximate surface area is 183 Å². The topological polar surface area (TPSA) is 45.5 Å². The average Bonchev–Trinajstić information content (AvgIpc) is 3.02. The van der Waals surface area contributed by atoms with E-state index in [0.29, 0.717) is 31.1 Å². The predicted molar refractivity (Wildman–Crippen MR) is 122 cm³/mol. The largest absolute Gasteiger partial charge is 0.364 e. The molecule has 0 spiro atoms. The summed E-state index contributed by atoms with van der Waals surface area (Å²) in [5, 5.41) is 0.613. The third-order valence-electron chi connectivity index (χ3n) is 5.69. The van der Waals surface area contributed by atoms with Crippen molar-refractivity contribution in [3.8, 4) is 0 Å². The molecule has 5 nitrogen and oxygen atoms in total. The van der Waals surface area contributed by atoms with Crippen LogP contribution in [0.15, 0.2) is 66.9 Å². The molecule has 1 atom stereocenters. The summed E-state index contributed by atoms with van der Waals surface area (Å²) in [6.45, 7) is 1.61. The van der Waals surface area contributed by atoms with Crippen LogP contribution in [0.5, 0.6) is 0 Å². The van der Waals surface area contributed by atoms with E-state index in [1.807, 2.05) is 55.7 Å². The fraction of sp³-hybridized carbons (Fsp3) is 0.304. The van der Waals surface area contributed by atoms with Gasteiger partial charge in [0, 0.05) is 48.8 Å². The van der Waals surface area contributed by atoms with Crippen molar-refractivity contribution in [1.29, 1.82) is 0 Å². The van der Waals surface area contributed by atoms with Crippen LogP contribution in [0.2, 0.25) is 5.02 Å². The molecule has 0 amide bonds. The zero-order valence-electron chi connectivity index (χ0n) is 17.2. The van der Waals surface area contributed by atoms with E-state index in [-0.39, 0.29) is 6.04 Å². The number of aryl methyl sites for hydroxylation is 1. The lowest BCUT2D eigenvalue weighted by Crippen LogP contribution is -2.45. The molecule has 0 bridgehead atoms. The molecule has 0 aliphatic carbocycles. The van der Waals surface area contributed by atoms with Crippen molar-refractivity contribution in [2.24, 2.45) is 7.05 Å². The second-order valence-corrected chi connectivity index (χ2v) is 10.3. The molecule has 0 N–H and O–H groups in total. The summed E-state index contributed by atoms with van der Waals surface area (Å²) in [6.07, 6.45) is 3.97. The molecule has 1 aromatic heterocycles. The average molecular weight is 444 g/mol. The van der Waals surface area contributed by atoms with Crippen molar-refractivity contribution in [3.05, 3.63) is 88.7 Å². The first-order valence-corrected chi connectivity index (χ1v) is 12.2. The van der Waals surface area contributed by atoms with Crippen LogP contribution in [0.4, 0.5) is 5.69 Å².